The lowest BCUT2D eigenvalue weighted by Crippen LogP contribution is -2.10. The van der Waals surface area contributed by atoms with Gasteiger partial charge in [0.25, 0.3) is 0 Å². The van der Waals surface area contributed by atoms with Gasteiger partial charge in [0.1, 0.15) is 5.82 Å². The Labute approximate surface area is 95.9 Å². The molecule has 2 nitrogen and oxygen atoms in total. The third-order valence-corrected chi connectivity index (χ3v) is 3.39. The standard InChI is InChI=1S/C14H16N2/c1-11-6-2-3-8-13(11)14-15-10-12-7-4-5-9-16(12)14/h2-3,6,8,10H,4-5,7,9H2,1H3. The van der Waals surface area contributed by atoms with Crippen LogP contribution in [0, 0.1) is 6.92 Å². The third-order valence-electron chi connectivity index (χ3n) is 3.39. The fraction of sp³-hybridized carbons (Fsp3) is 0.357. The molecule has 1 aliphatic heterocycles. The molecule has 0 amide bonds. The Morgan fingerprint density at radius 3 is 2.94 bits per heavy atom. The molecule has 0 saturated heterocycles. The molecule has 0 bridgehead atoms. The van der Waals surface area contributed by atoms with E-state index in [1.54, 1.807) is 0 Å². The van der Waals surface area contributed by atoms with Crippen molar-refractivity contribution in [1.82, 2.24) is 9.55 Å². The van der Waals surface area contributed by atoms with Crippen LogP contribution in [-0.2, 0) is 13.0 Å². The van der Waals surface area contributed by atoms with Crippen LogP contribution in [0.15, 0.2) is 30.5 Å². The summed E-state index contributed by atoms with van der Waals surface area (Å²) in [5.41, 5.74) is 3.97. The molecule has 0 saturated carbocycles. The van der Waals surface area contributed by atoms with Gasteiger partial charge in [0.05, 0.1) is 0 Å². The van der Waals surface area contributed by atoms with E-state index < -0.39 is 0 Å². The third kappa shape index (κ3) is 1.45. The number of rotatable bonds is 1. The van der Waals surface area contributed by atoms with Crippen molar-refractivity contribution in [1.29, 1.82) is 0 Å². The van der Waals surface area contributed by atoms with Crippen molar-refractivity contribution in [2.45, 2.75) is 32.7 Å². The summed E-state index contributed by atoms with van der Waals surface area (Å²) >= 11 is 0. The summed E-state index contributed by atoms with van der Waals surface area (Å²) in [5.74, 6) is 1.15. The first-order valence-corrected chi connectivity index (χ1v) is 5.96. The minimum atomic E-state index is 1.12. The van der Waals surface area contributed by atoms with Crippen LogP contribution in [0.4, 0.5) is 0 Å². The molecule has 0 aliphatic carbocycles. The van der Waals surface area contributed by atoms with Gasteiger partial charge in [-0.3, -0.25) is 0 Å². The second kappa shape index (κ2) is 3.78. The number of nitrogens with zero attached hydrogens (tertiary/aromatic N) is 2. The summed E-state index contributed by atoms with van der Waals surface area (Å²) in [6, 6.07) is 8.49. The van der Waals surface area contributed by atoms with E-state index in [1.165, 1.54) is 36.1 Å². The summed E-state index contributed by atoms with van der Waals surface area (Å²) < 4.78 is 2.38. The highest BCUT2D eigenvalue weighted by Gasteiger charge is 2.15. The fourth-order valence-electron chi connectivity index (χ4n) is 2.47. The number of benzene rings is 1. The van der Waals surface area contributed by atoms with E-state index in [-0.39, 0.29) is 0 Å². The van der Waals surface area contributed by atoms with Crippen molar-refractivity contribution in [2.24, 2.45) is 0 Å². The molecule has 1 aliphatic rings. The van der Waals surface area contributed by atoms with Crippen molar-refractivity contribution in [2.75, 3.05) is 0 Å². The van der Waals surface area contributed by atoms with Gasteiger partial charge < -0.3 is 4.57 Å². The van der Waals surface area contributed by atoms with Gasteiger partial charge in [0.15, 0.2) is 0 Å². The maximum atomic E-state index is 4.59. The predicted molar refractivity (Wildman–Crippen MR) is 65.3 cm³/mol. The molecule has 3 rings (SSSR count). The van der Waals surface area contributed by atoms with Gasteiger partial charge in [-0.1, -0.05) is 24.3 Å². The van der Waals surface area contributed by atoms with Crippen LogP contribution < -0.4 is 0 Å². The molecule has 0 atom stereocenters. The first-order valence-electron chi connectivity index (χ1n) is 5.96. The normalized spacial score (nSPS) is 14.8. The minimum absolute atomic E-state index is 1.12. The molecule has 1 aromatic carbocycles. The monoisotopic (exact) mass is 212 g/mol. The van der Waals surface area contributed by atoms with Gasteiger partial charge in [-0.25, -0.2) is 4.98 Å². The van der Waals surface area contributed by atoms with Crippen LogP contribution >= 0.6 is 0 Å². The van der Waals surface area contributed by atoms with E-state index >= 15 is 0 Å². The Morgan fingerprint density at radius 2 is 2.06 bits per heavy atom. The Morgan fingerprint density at radius 1 is 1.19 bits per heavy atom. The van der Waals surface area contributed by atoms with E-state index in [2.05, 4.69) is 40.7 Å². The van der Waals surface area contributed by atoms with E-state index in [4.69, 9.17) is 0 Å². The fourth-order valence-corrected chi connectivity index (χ4v) is 2.47. The molecule has 1 aromatic heterocycles. The number of aryl methyl sites for hydroxylation is 2. The molecule has 0 unspecified atom stereocenters. The first kappa shape index (κ1) is 9.64. The maximum absolute atomic E-state index is 4.59. The van der Waals surface area contributed by atoms with E-state index in [0.29, 0.717) is 0 Å². The van der Waals surface area contributed by atoms with E-state index in [0.717, 1.165) is 12.4 Å². The highest BCUT2D eigenvalue weighted by atomic mass is 15.1. The van der Waals surface area contributed by atoms with Gasteiger partial charge in [0, 0.05) is 24.0 Å². The lowest BCUT2D eigenvalue weighted by atomic mass is 10.1. The highest BCUT2D eigenvalue weighted by Crippen LogP contribution is 2.26. The van der Waals surface area contributed by atoms with Crippen LogP contribution in [0.3, 0.4) is 0 Å². The smallest absolute Gasteiger partial charge is 0.140 e. The van der Waals surface area contributed by atoms with Crippen LogP contribution in [0.25, 0.3) is 11.4 Å². The molecule has 2 aromatic rings. The molecule has 0 spiro atoms. The van der Waals surface area contributed by atoms with Crippen molar-refractivity contribution in [3.63, 3.8) is 0 Å². The Hall–Kier alpha value is -1.57. The molecule has 0 fully saturated rings. The molecular weight excluding hydrogens is 196 g/mol. The van der Waals surface area contributed by atoms with Crippen molar-refractivity contribution in [3.05, 3.63) is 41.7 Å². The zero-order chi connectivity index (χ0) is 11.0. The SMILES string of the molecule is Cc1ccccc1-c1ncc2n1CCCC2. The Kier molecular flexibility index (Phi) is 2.28. The molecule has 16 heavy (non-hydrogen) atoms. The van der Waals surface area contributed by atoms with Gasteiger partial charge >= 0.3 is 0 Å². The highest BCUT2D eigenvalue weighted by molar-refractivity contribution is 5.60. The number of fused-ring (bicyclic) bond motifs is 1. The quantitative estimate of drug-likeness (QED) is 0.709. The zero-order valence-corrected chi connectivity index (χ0v) is 9.61. The first-order chi connectivity index (χ1) is 7.86. The van der Waals surface area contributed by atoms with Crippen molar-refractivity contribution >= 4 is 0 Å². The number of aromatic nitrogens is 2. The largest absolute Gasteiger partial charge is 0.328 e. The van der Waals surface area contributed by atoms with Gasteiger partial charge in [-0.2, -0.15) is 0 Å². The minimum Gasteiger partial charge on any atom is -0.328 e. The van der Waals surface area contributed by atoms with Crippen molar-refractivity contribution < 1.29 is 0 Å². The van der Waals surface area contributed by atoms with Crippen LogP contribution in [0.2, 0.25) is 0 Å². The summed E-state index contributed by atoms with van der Waals surface area (Å²) in [4.78, 5) is 4.59. The van der Waals surface area contributed by atoms with E-state index in [9.17, 15) is 0 Å². The number of imidazole rings is 1. The van der Waals surface area contributed by atoms with Crippen LogP contribution in [-0.4, -0.2) is 9.55 Å². The molecule has 82 valence electrons. The maximum Gasteiger partial charge on any atom is 0.140 e. The molecule has 0 N–H and O–H groups in total. The zero-order valence-electron chi connectivity index (χ0n) is 9.61. The molecular formula is C14H16N2. The summed E-state index contributed by atoms with van der Waals surface area (Å²) in [6.07, 6.45) is 5.81. The summed E-state index contributed by atoms with van der Waals surface area (Å²) in [6.45, 7) is 3.28. The van der Waals surface area contributed by atoms with Crippen molar-refractivity contribution in [3.8, 4) is 11.4 Å². The summed E-state index contributed by atoms with van der Waals surface area (Å²) in [7, 11) is 0. The lowest BCUT2D eigenvalue weighted by Gasteiger charge is -2.17. The average molecular weight is 212 g/mol. The average Bonchev–Trinajstić information content (AvgIpc) is 2.74. The van der Waals surface area contributed by atoms with Gasteiger partial charge in [-0.05, 0) is 31.7 Å². The lowest BCUT2D eigenvalue weighted by molar-refractivity contribution is 0.536. The number of hydrogen-bond acceptors (Lipinski definition) is 1. The topological polar surface area (TPSA) is 17.8 Å². The molecule has 2 heterocycles. The van der Waals surface area contributed by atoms with Gasteiger partial charge in [0.2, 0.25) is 0 Å². The Bertz CT molecular complexity index is 511. The second-order valence-corrected chi connectivity index (χ2v) is 4.50. The predicted octanol–water partition coefficient (Wildman–Crippen LogP) is 3.19. The molecule has 0 radical (unpaired) electrons. The van der Waals surface area contributed by atoms with E-state index in [1.807, 2.05) is 6.20 Å². The van der Waals surface area contributed by atoms with Gasteiger partial charge in [-0.15, -0.1) is 0 Å². The number of hydrogen-bond donors (Lipinski definition) is 0. The molecule has 2 heteroatoms. The second-order valence-electron chi connectivity index (χ2n) is 4.50. The summed E-state index contributed by atoms with van der Waals surface area (Å²) in [5, 5.41) is 0. The van der Waals surface area contributed by atoms with Crippen LogP contribution in [0.5, 0.6) is 0 Å². The Balaban J connectivity index is 2.13. The van der Waals surface area contributed by atoms with Crippen LogP contribution in [0.1, 0.15) is 24.1 Å².